The second-order valence-corrected chi connectivity index (χ2v) is 5.05. The molecule has 0 amide bonds. The Morgan fingerprint density at radius 2 is 2.11 bits per heavy atom. The average molecular weight is 248 g/mol. The van der Waals surface area contributed by atoms with Crippen molar-refractivity contribution < 1.29 is 4.79 Å². The number of hydrogen-bond acceptors (Lipinski definition) is 3. The first kappa shape index (κ1) is 16.4. The lowest BCUT2D eigenvalue weighted by Crippen LogP contribution is -2.26. The highest BCUT2D eigenvalue weighted by molar-refractivity contribution is 5.64. The van der Waals surface area contributed by atoms with Gasteiger partial charge in [-0.05, 0) is 27.2 Å². The number of nitrogens with one attached hydrogen (secondary N) is 1. The number of hydrogen-bond donors (Lipinski definition) is 1. The highest BCUT2D eigenvalue weighted by Crippen LogP contribution is 2.29. The summed E-state index contributed by atoms with van der Waals surface area (Å²) in [5.74, 6) is 0.0895. The first-order valence-electron chi connectivity index (χ1n) is 6.30. The predicted molar refractivity (Wildman–Crippen MR) is 74.7 cm³/mol. The number of carbonyl (C=O) groups is 1. The molecule has 0 aromatic carbocycles. The summed E-state index contributed by atoms with van der Waals surface area (Å²) >= 11 is 0. The number of rotatable bonds is 7. The van der Waals surface area contributed by atoms with Crippen LogP contribution in [-0.2, 0) is 4.79 Å². The fraction of sp³-hybridized carbons (Fsp3) is 0.600. The molecule has 0 saturated carbocycles. The van der Waals surface area contributed by atoms with Gasteiger partial charge >= 0.3 is 0 Å². The van der Waals surface area contributed by atoms with Crippen LogP contribution in [-0.4, -0.2) is 12.3 Å². The summed E-state index contributed by atoms with van der Waals surface area (Å²) in [5, 5.41) is 11.8. The summed E-state index contributed by atoms with van der Waals surface area (Å²) in [6.07, 6.45) is 3.82. The molecular weight excluding hydrogens is 224 g/mol. The highest BCUT2D eigenvalue weighted by Gasteiger charge is 2.23. The third-order valence-electron chi connectivity index (χ3n) is 3.54. The summed E-state index contributed by atoms with van der Waals surface area (Å²) in [5.41, 5.74) is 1.43. The Morgan fingerprint density at radius 1 is 1.56 bits per heavy atom. The van der Waals surface area contributed by atoms with Crippen molar-refractivity contribution in [2.75, 3.05) is 0 Å². The Bertz CT molecular complexity index is 378. The molecule has 0 aliphatic rings. The van der Waals surface area contributed by atoms with Crippen molar-refractivity contribution in [3.8, 4) is 6.07 Å². The van der Waals surface area contributed by atoms with Crippen LogP contribution in [0, 0.1) is 22.7 Å². The van der Waals surface area contributed by atoms with Crippen LogP contribution in [0.1, 0.15) is 41.0 Å². The molecule has 0 rings (SSSR count). The van der Waals surface area contributed by atoms with E-state index in [-0.39, 0.29) is 12.0 Å². The zero-order chi connectivity index (χ0) is 14.3. The zero-order valence-electron chi connectivity index (χ0n) is 12.1. The van der Waals surface area contributed by atoms with Gasteiger partial charge < -0.3 is 10.1 Å². The lowest BCUT2D eigenvalue weighted by atomic mass is 9.80. The summed E-state index contributed by atoms with van der Waals surface area (Å²) in [4.78, 5) is 11.2. The van der Waals surface area contributed by atoms with E-state index in [4.69, 9.17) is 5.26 Å². The monoisotopic (exact) mass is 248 g/mol. The lowest BCUT2D eigenvalue weighted by molar-refractivity contribution is -0.113. The first-order valence-corrected chi connectivity index (χ1v) is 6.30. The van der Waals surface area contributed by atoms with E-state index in [0.717, 1.165) is 24.0 Å². The minimum atomic E-state index is -0.407. The maximum Gasteiger partial charge on any atom is 0.129 e. The van der Waals surface area contributed by atoms with Crippen LogP contribution in [0.3, 0.4) is 0 Å². The van der Waals surface area contributed by atoms with E-state index in [1.165, 1.54) is 0 Å². The first-order chi connectivity index (χ1) is 8.30. The number of nitriles is 1. The minimum Gasteiger partial charge on any atom is -0.373 e. The molecule has 3 nitrogen and oxygen atoms in total. The SMILES string of the molecule is C=C(NC(C)C#N)C(C)C=C(C)[C@@](C)(C=O)CC. The number of allylic oxidation sites excluding steroid dienone is 2. The van der Waals surface area contributed by atoms with Crippen LogP contribution in [0.4, 0.5) is 0 Å². The normalized spacial score (nSPS) is 18.1. The molecule has 0 aromatic rings. The van der Waals surface area contributed by atoms with Crippen LogP contribution in [0.15, 0.2) is 23.9 Å². The van der Waals surface area contributed by atoms with Crippen LogP contribution in [0.25, 0.3) is 0 Å². The Morgan fingerprint density at radius 3 is 2.50 bits per heavy atom. The molecule has 0 spiro atoms. The van der Waals surface area contributed by atoms with Crippen molar-refractivity contribution in [3.05, 3.63) is 23.9 Å². The van der Waals surface area contributed by atoms with Gasteiger partial charge in [0.15, 0.2) is 0 Å². The van der Waals surface area contributed by atoms with Crippen molar-refractivity contribution in [3.63, 3.8) is 0 Å². The van der Waals surface area contributed by atoms with Gasteiger partial charge in [-0.3, -0.25) is 0 Å². The number of carbonyl (C=O) groups excluding carboxylic acids is 1. The molecule has 18 heavy (non-hydrogen) atoms. The fourth-order valence-corrected chi connectivity index (χ4v) is 1.56. The van der Waals surface area contributed by atoms with E-state index < -0.39 is 5.41 Å². The van der Waals surface area contributed by atoms with Crippen LogP contribution in [0.2, 0.25) is 0 Å². The van der Waals surface area contributed by atoms with Crippen molar-refractivity contribution in [1.82, 2.24) is 5.32 Å². The second-order valence-electron chi connectivity index (χ2n) is 5.05. The topological polar surface area (TPSA) is 52.9 Å². The summed E-state index contributed by atoms with van der Waals surface area (Å²) in [7, 11) is 0. The maximum atomic E-state index is 11.2. The highest BCUT2D eigenvalue weighted by atomic mass is 16.1. The van der Waals surface area contributed by atoms with Crippen LogP contribution < -0.4 is 5.32 Å². The minimum absolute atomic E-state index is 0.0895. The van der Waals surface area contributed by atoms with E-state index in [2.05, 4.69) is 18.0 Å². The van der Waals surface area contributed by atoms with E-state index in [1.807, 2.05) is 33.8 Å². The van der Waals surface area contributed by atoms with Gasteiger partial charge in [0.05, 0.1) is 6.07 Å². The third-order valence-corrected chi connectivity index (χ3v) is 3.54. The zero-order valence-corrected chi connectivity index (χ0v) is 12.1. The van der Waals surface area contributed by atoms with Gasteiger partial charge in [0.25, 0.3) is 0 Å². The van der Waals surface area contributed by atoms with Gasteiger partial charge in [0.2, 0.25) is 0 Å². The summed E-state index contributed by atoms with van der Waals surface area (Å²) in [6.45, 7) is 13.6. The van der Waals surface area contributed by atoms with E-state index >= 15 is 0 Å². The number of aldehydes is 1. The molecule has 0 heterocycles. The molecule has 0 aliphatic heterocycles. The fourth-order valence-electron chi connectivity index (χ4n) is 1.56. The van der Waals surface area contributed by atoms with Gasteiger partial charge in [-0.1, -0.05) is 32.1 Å². The van der Waals surface area contributed by atoms with E-state index in [0.29, 0.717) is 0 Å². The molecule has 0 radical (unpaired) electrons. The molecule has 0 bridgehead atoms. The van der Waals surface area contributed by atoms with Gasteiger partial charge in [-0.15, -0.1) is 0 Å². The molecule has 100 valence electrons. The maximum absolute atomic E-state index is 11.2. The van der Waals surface area contributed by atoms with Crippen molar-refractivity contribution >= 4 is 6.29 Å². The summed E-state index contributed by atoms with van der Waals surface area (Å²) < 4.78 is 0. The Balaban J connectivity index is 4.82. The van der Waals surface area contributed by atoms with Gasteiger partial charge in [0.1, 0.15) is 12.3 Å². The second kappa shape index (κ2) is 7.00. The standard InChI is InChI=1S/C15H24N2O/c1-7-15(6,10-18)12(3)8-11(2)14(5)17-13(4)9-16/h8,10-11,13,17H,5,7H2,1-4,6H3/t11?,13?,15-/m1/s1. The van der Waals surface area contributed by atoms with Crippen molar-refractivity contribution in [2.24, 2.45) is 11.3 Å². The molecule has 2 unspecified atom stereocenters. The molecule has 0 aliphatic carbocycles. The van der Waals surface area contributed by atoms with Gasteiger partial charge in [-0.2, -0.15) is 5.26 Å². The van der Waals surface area contributed by atoms with Crippen LogP contribution in [0.5, 0.6) is 0 Å². The number of nitrogens with zero attached hydrogens (tertiary/aromatic N) is 1. The quantitative estimate of drug-likeness (QED) is 0.556. The largest absolute Gasteiger partial charge is 0.373 e. The summed E-state index contributed by atoms with van der Waals surface area (Å²) in [6, 6.07) is 1.86. The van der Waals surface area contributed by atoms with E-state index in [1.54, 1.807) is 6.92 Å². The van der Waals surface area contributed by atoms with Crippen LogP contribution >= 0.6 is 0 Å². The smallest absolute Gasteiger partial charge is 0.129 e. The molecular formula is C15H24N2O. The molecule has 3 heteroatoms. The Labute approximate surface area is 111 Å². The third kappa shape index (κ3) is 4.37. The lowest BCUT2D eigenvalue weighted by Gasteiger charge is -2.24. The van der Waals surface area contributed by atoms with Gasteiger partial charge in [-0.25, -0.2) is 0 Å². The molecule has 1 N–H and O–H groups in total. The molecule has 0 saturated heterocycles. The predicted octanol–water partition coefficient (Wildman–Crippen LogP) is 3.20. The molecule has 3 atom stereocenters. The molecule has 0 aromatic heterocycles. The Hall–Kier alpha value is -1.56. The van der Waals surface area contributed by atoms with E-state index in [9.17, 15) is 4.79 Å². The molecule has 0 fully saturated rings. The van der Waals surface area contributed by atoms with Gasteiger partial charge in [0, 0.05) is 17.0 Å². The average Bonchev–Trinajstić information content (AvgIpc) is 2.36. The van der Waals surface area contributed by atoms with Crippen molar-refractivity contribution in [2.45, 2.75) is 47.1 Å². The Kier molecular flexibility index (Phi) is 6.40. The van der Waals surface area contributed by atoms with Crippen molar-refractivity contribution in [1.29, 1.82) is 5.26 Å².